The third-order valence-corrected chi connectivity index (χ3v) is 3.12. The second-order valence-electron chi connectivity index (χ2n) is 4.57. The number of fused-ring (bicyclic) bond motifs is 1. The van der Waals surface area contributed by atoms with Crippen molar-refractivity contribution in [3.63, 3.8) is 0 Å². The van der Waals surface area contributed by atoms with Gasteiger partial charge in [0.25, 0.3) is 0 Å². The molecule has 2 rings (SSSR count). The number of aromatic nitrogens is 1. The van der Waals surface area contributed by atoms with E-state index in [1.807, 2.05) is 13.0 Å². The average molecular weight is 267 g/mol. The van der Waals surface area contributed by atoms with Gasteiger partial charge in [-0.15, -0.1) is 0 Å². The van der Waals surface area contributed by atoms with Crippen LogP contribution in [0.3, 0.4) is 0 Å². The van der Waals surface area contributed by atoms with Gasteiger partial charge < -0.3 is 5.32 Å². The van der Waals surface area contributed by atoms with Crippen LogP contribution >= 0.6 is 11.6 Å². The second-order valence-corrected chi connectivity index (χ2v) is 4.98. The molecule has 1 N–H and O–H groups in total. The predicted octanol–water partition coefficient (Wildman–Crippen LogP) is 4.58. The fraction of sp³-hybridized carbons (Fsp3) is 0.357. The molecule has 4 heteroatoms. The minimum Gasteiger partial charge on any atom is -0.370 e. The summed E-state index contributed by atoms with van der Waals surface area (Å²) >= 11 is 6.04. The van der Waals surface area contributed by atoms with Gasteiger partial charge in [-0.2, -0.15) is 0 Å². The minimum absolute atomic E-state index is 0.318. The molecule has 0 atom stereocenters. The Kier molecular flexibility index (Phi) is 3.71. The van der Waals surface area contributed by atoms with Gasteiger partial charge in [-0.05, 0) is 36.6 Å². The smallest absolute Gasteiger partial charge is 0.130 e. The van der Waals surface area contributed by atoms with Gasteiger partial charge >= 0.3 is 0 Å². The molecule has 1 heterocycles. The highest BCUT2D eigenvalue weighted by Gasteiger charge is 2.12. The van der Waals surface area contributed by atoms with E-state index in [9.17, 15) is 4.39 Å². The van der Waals surface area contributed by atoms with Crippen molar-refractivity contribution >= 4 is 28.3 Å². The van der Waals surface area contributed by atoms with E-state index in [2.05, 4.69) is 24.1 Å². The summed E-state index contributed by atoms with van der Waals surface area (Å²) in [5, 5.41) is 4.32. The number of halogens is 2. The topological polar surface area (TPSA) is 24.9 Å². The highest BCUT2D eigenvalue weighted by Crippen LogP contribution is 2.30. The Bertz CT molecular complexity index is 582. The first-order valence-electron chi connectivity index (χ1n) is 6.06. The summed E-state index contributed by atoms with van der Waals surface area (Å²) in [4.78, 5) is 4.52. The van der Waals surface area contributed by atoms with E-state index in [4.69, 9.17) is 11.6 Å². The second kappa shape index (κ2) is 5.11. The molecule has 2 aromatic rings. The summed E-state index contributed by atoms with van der Waals surface area (Å²) in [6, 6.07) is 4.72. The molecule has 0 unspecified atom stereocenters. The molecule has 0 radical (unpaired) electrons. The first-order valence-corrected chi connectivity index (χ1v) is 6.44. The molecule has 1 aromatic heterocycles. The van der Waals surface area contributed by atoms with Gasteiger partial charge in [0.05, 0.1) is 10.5 Å². The molecule has 0 saturated carbocycles. The number of pyridine rings is 1. The number of rotatable bonds is 3. The molecule has 0 aliphatic carbocycles. The molecule has 18 heavy (non-hydrogen) atoms. The SMILES string of the molecule is CCNc1nc2c(Cl)cc(F)cc2cc1C(C)C. The van der Waals surface area contributed by atoms with Crippen LogP contribution in [0.2, 0.25) is 5.02 Å². The lowest BCUT2D eigenvalue weighted by Gasteiger charge is -2.14. The van der Waals surface area contributed by atoms with Crippen molar-refractivity contribution in [1.82, 2.24) is 4.98 Å². The van der Waals surface area contributed by atoms with Crippen molar-refractivity contribution in [2.24, 2.45) is 0 Å². The summed E-state index contributed by atoms with van der Waals surface area (Å²) in [6.45, 7) is 6.98. The van der Waals surface area contributed by atoms with Crippen LogP contribution in [-0.2, 0) is 0 Å². The Labute approximate surface area is 111 Å². The molecule has 0 spiro atoms. The fourth-order valence-electron chi connectivity index (χ4n) is 1.98. The van der Waals surface area contributed by atoms with Crippen LogP contribution in [0.4, 0.5) is 10.2 Å². The molecule has 0 fully saturated rings. The van der Waals surface area contributed by atoms with Crippen LogP contribution in [0.5, 0.6) is 0 Å². The zero-order chi connectivity index (χ0) is 13.3. The Balaban J connectivity index is 2.72. The number of nitrogens with zero attached hydrogens (tertiary/aromatic N) is 1. The van der Waals surface area contributed by atoms with E-state index in [-0.39, 0.29) is 5.82 Å². The number of hydrogen-bond acceptors (Lipinski definition) is 2. The largest absolute Gasteiger partial charge is 0.370 e. The van der Waals surface area contributed by atoms with Crippen LogP contribution in [0.25, 0.3) is 10.9 Å². The lowest BCUT2D eigenvalue weighted by atomic mass is 10.0. The summed E-state index contributed by atoms with van der Waals surface area (Å²) in [5.74, 6) is 0.812. The van der Waals surface area contributed by atoms with E-state index < -0.39 is 0 Å². The van der Waals surface area contributed by atoms with Gasteiger partial charge in [0.2, 0.25) is 0 Å². The van der Waals surface area contributed by atoms with Gasteiger partial charge in [-0.3, -0.25) is 0 Å². The first-order chi connectivity index (χ1) is 8.52. The average Bonchev–Trinajstić information content (AvgIpc) is 2.29. The van der Waals surface area contributed by atoms with E-state index in [0.29, 0.717) is 16.5 Å². The first kappa shape index (κ1) is 13.1. The van der Waals surface area contributed by atoms with E-state index in [1.165, 1.54) is 12.1 Å². The lowest BCUT2D eigenvalue weighted by molar-refractivity contribution is 0.629. The minimum atomic E-state index is -0.333. The maximum atomic E-state index is 13.4. The Morgan fingerprint density at radius 1 is 1.33 bits per heavy atom. The zero-order valence-electron chi connectivity index (χ0n) is 10.7. The van der Waals surface area contributed by atoms with Crippen LogP contribution in [0, 0.1) is 5.82 Å². The third kappa shape index (κ3) is 2.41. The monoisotopic (exact) mass is 266 g/mol. The van der Waals surface area contributed by atoms with Crippen molar-refractivity contribution in [3.8, 4) is 0 Å². The number of benzene rings is 1. The van der Waals surface area contributed by atoms with Gasteiger partial charge in [-0.1, -0.05) is 25.4 Å². The summed E-state index contributed by atoms with van der Waals surface area (Å²) in [6.07, 6.45) is 0. The van der Waals surface area contributed by atoms with Crippen molar-refractivity contribution in [3.05, 3.63) is 34.6 Å². The number of anilines is 1. The van der Waals surface area contributed by atoms with Crippen LogP contribution in [0.1, 0.15) is 32.3 Å². The molecule has 0 aliphatic heterocycles. The van der Waals surface area contributed by atoms with E-state index >= 15 is 0 Å². The molecule has 0 bridgehead atoms. The fourth-order valence-corrected chi connectivity index (χ4v) is 2.23. The van der Waals surface area contributed by atoms with Crippen LogP contribution in [-0.4, -0.2) is 11.5 Å². The standard InChI is InChI=1S/C14H16ClFN2/c1-4-17-14-11(8(2)3)6-9-5-10(16)7-12(15)13(9)18-14/h5-8H,4H2,1-3H3,(H,17,18). The lowest BCUT2D eigenvalue weighted by Crippen LogP contribution is -2.05. The molecule has 96 valence electrons. The van der Waals surface area contributed by atoms with Crippen molar-refractivity contribution in [2.45, 2.75) is 26.7 Å². The Morgan fingerprint density at radius 2 is 2.06 bits per heavy atom. The maximum Gasteiger partial charge on any atom is 0.130 e. The van der Waals surface area contributed by atoms with Crippen molar-refractivity contribution < 1.29 is 4.39 Å². The molecular weight excluding hydrogens is 251 g/mol. The summed E-state index contributed by atoms with van der Waals surface area (Å²) < 4.78 is 13.4. The van der Waals surface area contributed by atoms with Crippen molar-refractivity contribution in [2.75, 3.05) is 11.9 Å². The number of nitrogens with one attached hydrogen (secondary N) is 1. The van der Waals surface area contributed by atoms with Crippen molar-refractivity contribution in [1.29, 1.82) is 0 Å². The van der Waals surface area contributed by atoms with Gasteiger partial charge in [-0.25, -0.2) is 9.37 Å². The Hall–Kier alpha value is -1.35. The Morgan fingerprint density at radius 3 is 2.67 bits per heavy atom. The highest BCUT2D eigenvalue weighted by atomic mass is 35.5. The van der Waals surface area contributed by atoms with Crippen LogP contribution in [0.15, 0.2) is 18.2 Å². The van der Waals surface area contributed by atoms with Crippen LogP contribution < -0.4 is 5.32 Å². The van der Waals surface area contributed by atoms with Gasteiger partial charge in [0, 0.05) is 11.9 Å². The highest BCUT2D eigenvalue weighted by molar-refractivity contribution is 6.35. The molecule has 2 nitrogen and oxygen atoms in total. The summed E-state index contributed by atoms with van der Waals surface area (Å²) in [5.41, 5.74) is 1.71. The predicted molar refractivity (Wildman–Crippen MR) is 75.0 cm³/mol. The van der Waals surface area contributed by atoms with Gasteiger partial charge in [0.1, 0.15) is 11.6 Å². The normalized spacial score (nSPS) is 11.2. The summed E-state index contributed by atoms with van der Waals surface area (Å²) in [7, 11) is 0. The third-order valence-electron chi connectivity index (χ3n) is 2.83. The quantitative estimate of drug-likeness (QED) is 0.879. The molecular formula is C14H16ClFN2. The molecule has 0 saturated heterocycles. The zero-order valence-corrected chi connectivity index (χ0v) is 11.5. The van der Waals surface area contributed by atoms with E-state index in [0.717, 1.165) is 23.3 Å². The maximum absolute atomic E-state index is 13.4. The van der Waals surface area contributed by atoms with Gasteiger partial charge in [0.15, 0.2) is 0 Å². The molecule has 0 aliphatic rings. The molecule has 1 aromatic carbocycles. The molecule has 0 amide bonds. The van der Waals surface area contributed by atoms with E-state index in [1.54, 1.807) is 0 Å². The number of hydrogen-bond donors (Lipinski definition) is 1.